The Morgan fingerprint density at radius 1 is 0.889 bits per heavy atom. The fourth-order valence-electron chi connectivity index (χ4n) is 2.40. The zero-order valence-electron chi connectivity index (χ0n) is 10.7. The van der Waals surface area contributed by atoms with Crippen molar-refractivity contribution in [2.24, 2.45) is 5.73 Å². The van der Waals surface area contributed by atoms with Gasteiger partial charge in [-0.3, -0.25) is 0 Å². The van der Waals surface area contributed by atoms with E-state index < -0.39 is 0 Å². The standard InChI is InChI=1S/C16H20N2/c1-18-15(12-17)16(13-8-4-2-5-9-13)14-10-6-3-7-11-14/h2-11,15-16,18H,12,17H2,1H3/t15-/m0/s1. The number of hydrogen-bond acceptors (Lipinski definition) is 2. The maximum Gasteiger partial charge on any atom is 0.0296 e. The van der Waals surface area contributed by atoms with Crippen LogP contribution in [-0.2, 0) is 0 Å². The molecule has 0 fully saturated rings. The molecule has 0 aliphatic carbocycles. The summed E-state index contributed by atoms with van der Waals surface area (Å²) in [5.74, 6) is 0.294. The first kappa shape index (κ1) is 12.8. The van der Waals surface area contributed by atoms with E-state index in [9.17, 15) is 0 Å². The lowest BCUT2D eigenvalue weighted by Crippen LogP contribution is -2.39. The summed E-state index contributed by atoms with van der Waals surface area (Å²) in [6.45, 7) is 0.616. The van der Waals surface area contributed by atoms with Crippen molar-refractivity contribution in [1.82, 2.24) is 5.32 Å². The number of benzene rings is 2. The van der Waals surface area contributed by atoms with Gasteiger partial charge in [-0.1, -0.05) is 60.7 Å². The van der Waals surface area contributed by atoms with Crippen LogP contribution in [0.1, 0.15) is 17.0 Å². The van der Waals surface area contributed by atoms with Crippen molar-refractivity contribution in [1.29, 1.82) is 0 Å². The molecular formula is C16H20N2. The highest BCUT2D eigenvalue weighted by molar-refractivity contribution is 5.34. The van der Waals surface area contributed by atoms with Crippen LogP contribution in [0, 0.1) is 0 Å². The monoisotopic (exact) mass is 240 g/mol. The summed E-state index contributed by atoms with van der Waals surface area (Å²) < 4.78 is 0. The van der Waals surface area contributed by atoms with Crippen molar-refractivity contribution in [2.75, 3.05) is 13.6 Å². The summed E-state index contributed by atoms with van der Waals surface area (Å²) in [4.78, 5) is 0. The van der Waals surface area contributed by atoms with Gasteiger partial charge in [0, 0.05) is 18.5 Å². The van der Waals surface area contributed by atoms with E-state index in [2.05, 4.69) is 53.8 Å². The Morgan fingerprint density at radius 3 is 1.67 bits per heavy atom. The summed E-state index contributed by atoms with van der Waals surface area (Å²) in [6, 6.07) is 21.3. The van der Waals surface area contributed by atoms with Gasteiger partial charge in [-0.2, -0.15) is 0 Å². The van der Waals surface area contributed by atoms with Gasteiger partial charge in [0.15, 0.2) is 0 Å². The summed E-state index contributed by atoms with van der Waals surface area (Å²) in [5, 5.41) is 3.32. The first-order valence-electron chi connectivity index (χ1n) is 6.34. The fourth-order valence-corrected chi connectivity index (χ4v) is 2.40. The Bertz CT molecular complexity index is 410. The van der Waals surface area contributed by atoms with Crippen LogP contribution in [0.25, 0.3) is 0 Å². The van der Waals surface area contributed by atoms with Crippen LogP contribution in [0.2, 0.25) is 0 Å². The van der Waals surface area contributed by atoms with E-state index in [0.717, 1.165) is 0 Å². The molecule has 94 valence electrons. The van der Waals surface area contributed by atoms with Crippen LogP contribution in [0.4, 0.5) is 0 Å². The number of nitrogens with one attached hydrogen (secondary N) is 1. The number of likely N-dealkylation sites (N-methyl/N-ethyl adjacent to an activating group) is 1. The third kappa shape index (κ3) is 2.78. The van der Waals surface area contributed by atoms with Crippen LogP contribution in [0.15, 0.2) is 60.7 Å². The molecular weight excluding hydrogens is 220 g/mol. The minimum Gasteiger partial charge on any atom is -0.329 e. The van der Waals surface area contributed by atoms with E-state index in [4.69, 9.17) is 5.73 Å². The van der Waals surface area contributed by atoms with Gasteiger partial charge < -0.3 is 11.1 Å². The highest BCUT2D eigenvalue weighted by Gasteiger charge is 2.22. The molecule has 3 N–H and O–H groups in total. The zero-order valence-corrected chi connectivity index (χ0v) is 10.7. The Hall–Kier alpha value is -1.64. The third-order valence-corrected chi connectivity index (χ3v) is 3.34. The molecule has 0 unspecified atom stereocenters. The molecule has 0 heterocycles. The number of nitrogens with two attached hydrogens (primary N) is 1. The van der Waals surface area contributed by atoms with E-state index in [1.807, 2.05) is 19.2 Å². The highest BCUT2D eigenvalue weighted by Crippen LogP contribution is 2.27. The lowest BCUT2D eigenvalue weighted by Gasteiger charge is -2.26. The molecule has 2 rings (SSSR count). The molecule has 2 nitrogen and oxygen atoms in total. The van der Waals surface area contributed by atoms with Crippen molar-refractivity contribution >= 4 is 0 Å². The smallest absolute Gasteiger partial charge is 0.0296 e. The average molecular weight is 240 g/mol. The third-order valence-electron chi connectivity index (χ3n) is 3.34. The molecule has 2 aromatic rings. The predicted molar refractivity (Wildman–Crippen MR) is 76.6 cm³/mol. The van der Waals surface area contributed by atoms with E-state index in [-0.39, 0.29) is 6.04 Å². The lowest BCUT2D eigenvalue weighted by atomic mass is 9.85. The average Bonchev–Trinajstić information content (AvgIpc) is 2.46. The number of hydrogen-bond donors (Lipinski definition) is 2. The molecule has 0 aliphatic heterocycles. The molecule has 0 amide bonds. The van der Waals surface area contributed by atoms with Gasteiger partial charge in [-0.15, -0.1) is 0 Å². The van der Waals surface area contributed by atoms with Crippen LogP contribution >= 0.6 is 0 Å². The Labute approximate surface area is 109 Å². The van der Waals surface area contributed by atoms with E-state index in [1.165, 1.54) is 11.1 Å². The first-order valence-corrected chi connectivity index (χ1v) is 6.34. The minimum atomic E-state index is 0.245. The molecule has 0 aliphatic rings. The molecule has 0 radical (unpaired) electrons. The maximum absolute atomic E-state index is 5.90. The highest BCUT2D eigenvalue weighted by atomic mass is 14.9. The fraction of sp³-hybridized carbons (Fsp3) is 0.250. The molecule has 2 aromatic carbocycles. The van der Waals surface area contributed by atoms with Crippen molar-refractivity contribution in [3.63, 3.8) is 0 Å². The second kappa shape index (κ2) is 6.34. The Kier molecular flexibility index (Phi) is 4.51. The largest absolute Gasteiger partial charge is 0.329 e. The second-order valence-electron chi connectivity index (χ2n) is 4.43. The summed E-state index contributed by atoms with van der Waals surface area (Å²) in [6.07, 6.45) is 0. The van der Waals surface area contributed by atoms with Crippen LogP contribution in [-0.4, -0.2) is 19.6 Å². The van der Waals surface area contributed by atoms with Crippen molar-refractivity contribution in [3.05, 3.63) is 71.8 Å². The van der Waals surface area contributed by atoms with E-state index in [1.54, 1.807) is 0 Å². The predicted octanol–water partition coefficient (Wildman–Crippen LogP) is 2.37. The summed E-state index contributed by atoms with van der Waals surface area (Å²) in [7, 11) is 1.97. The molecule has 0 aromatic heterocycles. The SMILES string of the molecule is CN[C@@H](CN)C(c1ccccc1)c1ccccc1. The summed E-state index contributed by atoms with van der Waals surface area (Å²) in [5.41, 5.74) is 8.50. The lowest BCUT2D eigenvalue weighted by molar-refractivity contribution is 0.515. The normalized spacial score (nSPS) is 12.6. The van der Waals surface area contributed by atoms with Gasteiger partial charge in [-0.05, 0) is 18.2 Å². The quantitative estimate of drug-likeness (QED) is 0.842. The number of rotatable bonds is 5. The van der Waals surface area contributed by atoms with Gasteiger partial charge >= 0.3 is 0 Å². The minimum absolute atomic E-state index is 0.245. The molecule has 2 heteroatoms. The van der Waals surface area contributed by atoms with Crippen LogP contribution in [0.3, 0.4) is 0 Å². The molecule has 0 bridgehead atoms. The molecule has 0 saturated carbocycles. The topological polar surface area (TPSA) is 38.0 Å². The second-order valence-corrected chi connectivity index (χ2v) is 4.43. The molecule has 0 saturated heterocycles. The van der Waals surface area contributed by atoms with Crippen molar-refractivity contribution in [2.45, 2.75) is 12.0 Å². The molecule has 0 spiro atoms. The maximum atomic E-state index is 5.90. The van der Waals surface area contributed by atoms with Crippen LogP contribution < -0.4 is 11.1 Å². The van der Waals surface area contributed by atoms with E-state index in [0.29, 0.717) is 12.5 Å². The van der Waals surface area contributed by atoms with Crippen molar-refractivity contribution in [3.8, 4) is 0 Å². The van der Waals surface area contributed by atoms with Gasteiger partial charge in [0.25, 0.3) is 0 Å². The molecule has 18 heavy (non-hydrogen) atoms. The summed E-state index contributed by atoms with van der Waals surface area (Å²) >= 11 is 0. The Balaban J connectivity index is 2.41. The Morgan fingerprint density at radius 2 is 1.33 bits per heavy atom. The van der Waals surface area contributed by atoms with Gasteiger partial charge in [0.05, 0.1) is 0 Å². The van der Waals surface area contributed by atoms with Gasteiger partial charge in [0.1, 0.15) is 0 Å². The first-order chi connectivity index (χ1) is 8.86. The van der Waals surface area contributed by atoms with E-state index >= 15 is 0 Å². The van der Waals surface area contributed by atoms with Gasteiger partial charge in [0.2, 0.25) is 0 Å². The van der Waals surface area contributed by atoms with Crippen molar-refractivity contribution < 1.29 is 0 Å². The van der Waals surface area contributed by atoms with Crippen LogP contribution in [0.5, 0.6) is 0 Å². The zero-order chi connectivity index (χ0) is 12.8. The molecule has 1 atom stereocenters. The van der Waals surface area contributed by atoms with Gasteiger partial charge in [-0.25, -0.2) is 0 Å².